The van der Waals surface area contributed by atoms with Gasteiger partial charge in [-0.2, -0.15) is 0 Å². The van der Waals surface area contributed by atoms with E-state index < -0.39 is 18.6 Å². The van der Waals surface area contributed by atoms with Crippen molar-refractivity contribution in [2.45, 2.75) is 18.7 Å². The molecule has 1 amide bonds. The molecule has 3 N–H and O–H groups in total. The van der Waals surface area contributed by atoms with E-state index in [-0.39, 0.29) is 11.7 Å². The van der Waals surface area contributed by atoms with Gasteiger partial charge in [-0.1, -0.05) is 29.8 Å². The van der Waals surface area contributed by atoms with Gasteiger partial charge in [-0.15, -0.1) is 11.8 Å². The lowest BCUT2D eigenvalue weighted by Crippen LogP contribution is -2.44. The van der Waals surface area contributed by atoms with Gasteiger partial charge in [0.05, 0.1) is 12.4 Å². The zero-order valence-corrected chi connectivity index (χ0v) is 11.4. The topological polar surface area (TPSA) is 86.6 Å². The van der Waals surface area contributed by atoms with Crippen LogP contribution in [0.3, 0.4) is 0 Å². The molecule has 0 spiro atoms. The highest BCUT2D eigenvalue weighted by molar-refractivity contribution is 7.99. The maximum absolute atomic E-state index is 11.5. The Bertz CT molecular complexity index is 450. The van der Waals surface area contributed by atoms with Crippen molar-refractivity contribution in [1.29, 1.82) is 0 Å². The molecule has 1 unspecified atom stereocenters. The minimum absolute atomic E-state index is 0.164. The predicted octanol–water partition coefficient (Wildman–Crippen LogP) is 0.790. The van der Waals surface area contributed by atoms with E-state index in [1.807, 2.05) is 31.2 Å². The van der Waals surface area contributed by atoms with Crippen molar-refractivity contribution in [2.24, 2.45) is 0 Å². The maximum atomic E-state index is 11.5. The zero-order valence-electron chi connectivity index (χ0n) is 10.6. The van der Waals surface area contributed by atoms with Crippen LogP contribution in [0.2, 0.25) is 0 Å². The molecule has 0 saturated heterocycles. The molecule has 0 aliphatic rings. The Balaban J connectivity index is 2.33. The van der Waals surface area contributed by atoms with Gasteiger partial charge in [0, 0.05) is 5.75 Å². The second-order valence-corrected chi connectivity index (χ2v) is 5.11. The summed E-state index contributed by atoms with van der Waals surface area (Å²) < 4.78 is 0. The number of nitrogens with one attached hydrogen (secondary N) is 1. The van der Waals surface area contributed by atoms with Crippen LogP contribution in [0.1, 0.15) is 11.1 Å². The van der Waals surface area contributed by atoms with Gasteiger partial charge in [-0.3, -0.25) is 4.79 Å². The third-order valence-electron chi connectivity index (χ3n) is 2.40. The molecule has 0 aliphatic heterocycles. The molecule has 19 heavy (non-hydrogen) atoms. The van der Waals surface area contributed by atoms with Crippen LogP contribution in [0.25, 0.3) is 0 Å². The van der Waals surface area contributed by atoms with Crippen LogP contribution >= 0.6 is 11.8 Å². The molecular formula is C13H17NO4S. The molecule has 1 aromatic rings. The van der Waals surface area contributed by atoms with E-state index in [4.69, 9.17) is 10.2 Å². The summed E-state index contributed by atoms with van der Waals surface area (Å²) in [6.07, 6.45) is 0. The third kappa shape index (κ3) is 5.76. The molecule has 0 saturated carbocycles. The number of hydrogen-bond acceptors (Lipinski definition) is 4. The Hall–Kier alpha value is -1.53. The van der Waals surface area contributed by atoms with Gasteiger partial charge >= 0.3 is 5.97 Å². The molecule has 0 fully saturated rings. The van der Waals surface area contributed by atoms with Crippen LogP contribution in [0, 0.1) is 6.92 Å². The maximum Gasteiger partial charge on any atom is 0.328 e. The van der Waals surface area contributed by atoms with Crippen LogP contribution in [0.15, 0.2) is 24.3 Å². The molecule has 6 heteroatoms. The first kappa shape index (κ1) is 15.5. The Labute approximate surface area is 116 Å². The van der Waals surface area contributed by atoms with Crippen molar-refractivity contribution in [3.8, 4) is 0 Å². The number of aliphatic hydroxyl groups excluding tert-OH is 1. The predicted molar refractivity (Wildman–Crippen MR) is 74.0 cm³/mol. The molecule has 0 aromatic heterocycles. The highest BCUT2D eigenvalue weighted by Gasteiger charge is 2.18. The van der Waals surface area contributed by atoms with Crippen LogP contribution in [-0.4, -0.2) is 40.5 Å². The second kappa shape index (κ2) is 7.81. The van der Waals surface area contributed by atoms with E-state index in [0.717, 1.165) is 11.1 Å². The van der Waals surface area contributed by atoms with Gasteiger partial charge in [-0.05, 0) is 12.5 Å². The summed E-state index contributed by atoms with van der Waals surface area (Å²) in [5.74, 6) is -0.775. The molecule has 0 heterocycles. The Morgan fingerprint density at radius 3 is 2.74 bits per heavy atom. The van der Waals surface area contributed by atoms with Crippen molar-refractivity contribution < 1.29 is 19.8 Å². The van der Waals surface area contributed by atoms with Gasteiger partial charge in [-0.25, -0.2) is 4.79 Å². The summed E-state index contributed by atoms with van der Waals surface area (Å²) in [5.41, 5.74) is 2.28. The number of carbonyl (C=O) groups is 2. The lowest BCUT2D eigenvalue weighted by molar-refractivity contribution is -0.142. The average Bonchev–Trinajstić information content (AvgIpc) is 2.35. The number of thioether (sulfide) groups is 1. The van der Waals surface area contributed by atoms with E-state index in [1.165, 1.54) is 11.8 Å². The van der Waals surface area contributed by atoms with Gasteiger partial charge in [0.2, 0.25) is 5.91 Å². The fourth-order valence-electron chi connectivity index (χ4n) is 1.48. The Kier molecular flexibility index (Phi) is 6.38. The number of amides is 1. The fourth-order valence-corrected chi connectivity index (χ4v) is 2.27. The quantitative estimate of drug-likeness (QED) is 0.689. The number of aliphatic carboxylic acids is 1. The molecule has 1 rings (SSSR count). The number of aryl methyl sites for hydroxylation is 1. The summed E-state index contributed by atoms with van der Waals surface area (Å²) in [6.45, 7) is 1.39. The van der Waals surface area contributed by atoms with E-state index in [0.29, 0.717) is 5.75 Å². The minimum Gasteiger partial charge on any atom is -0.480 e. The first-order valence-electron chi connectivity index (χ1n) is 5.79. The zero-order chi connectivity index (χ0) is 14.3. The monoisotopic (exact) mass is 283 g/mol. The molecule has 0 bridgehead atoms. The number of carboxylic acids is 1. The second-order valence-electron chi connectivity index (χ2n) is 4.12. The number of carboxylic acid groups (broad SMARTS) is 1. The lowest BCUT2D eigenvalue weighted by Gasteiger charge is -2.11. The SMILES string of the molecule is Cc1cccc(CSCC(=O)NC(CO)C(=O)O)c1. The largest absolute Gasteiger partial charge is 0.480 e. The minimum atomic E-state index is -1.24. The van der Waals surface area contributed by atoms with Crippen molar-refractivity contribution in [2.75, 3.05) is 12.4 Å². The highest BCUT2D eigenvalue weighted by atomic mass is 32.2. The summed E-state index contributed by atoms with van der Waals surface area (Å²) in [5, 5.41) is 19.7. The molecule has 1 atom stereocenters. The van der Waals surface area contributed by atoms with Crippen molar-refractivity contribution >= 4 is 23.6 Å². The van der Waals surface area contributed by atoms with Gasteiger partial charge in [0.1, 0.15) is 6.04 Å². The van der Waals surface area contributed by atoms with Crippen LogP contribution in [-0.2, 0) is 15.3 Å². The van der Waals surface area contributed by atoms with E-state index in [9.17, 15) is 9.59 Å². The molecule has 5 nitrogen and oxygen atoms in total. The van der Waals surface area contributed by atoms with E-state index in [1.54, 1.807) is 0 Å². The fraction of sp³-hybridized carbons (Fsp3) is 0.385. The molecule has 0 radical (unpaired) electrons. The number of hydrogen-bond donors (Lipinski definition) is 3. The number of benzene rings is 1. The molecule has 0 aliphatic carbocycles. The molecule has 104 valence electrons. The van der Waals surface area contributed by atoms with Crippen molar-refractivity contribution in [1.82, 2.24) is 5.32 Å². The summed E-state index contributed by atoms with van der Waals surface area (Å²) in [6, 6.07) is 6.74. The van der Waals surface area contributed by atoms with Crippen LogP contribution in [0.5, 0.6) is 0 Å². The van der Waals surface area contributed by atoms with E-state index in [2.05, 4.69) is 5.32 Å². The first-order chi connectivity index (χ1) is 9.02. The number of carbonyl (C=O) groups excluding carboxylic acids is 1. The van der Waals surface area contributed by atoms with Crippen LogP contribution < -0.4 is 5.32 Å². The van der Waals surface area contributed by atoms with Crippen LogP contribution in [0.4, 0.5) is 0 Å². The number of rotatable bonds is 7. The summed E-state index contributed by atoms with van der Waals surface area (Å²) in [7, 11) is 0. The Morgan fingerprint density at radius 2 is 2.16 bits per heavy atom. The van der Waals surface area contributed by atoms with E-state index >= 15 is 0 Å². The normalized spacial score (nSPS) is 11.9. The Morgan fingerprint density at radius 1 is 1.42 bits per heavy atom. The first-order valence-corrected chi connectivity index (χ1v) is 6.94. The smallest absolute Gasteiger partial charge is 0.328 e. The van der Waals surface area contributed by atoms with Crippen molar-refractivity contribution in [3.63, 3.8) is 0 Å². The summed E-state index contributed by atoms with van der Waals surface area (Å²) >= 11 is 1.40. The number of aliphatic hydroxyl groups is 1. The van der Waals surface area contributed by atoms with Gasteiger partial charge in [0.15, 0.2) is 0 Å². The summed E-state index contributed by atoms with van der Waals surface area (Å²) in [4.78, 5) is 22.1. The van der Waals surface area contributed by atoms with Crippen molar-refractivity contribution in [3.05, 3.63) is 35.4 Å². The van der Waals surface area contributed by atoms with Gasteiger partial charge in [0.25, 0.3) is 0 Å². The lowest BCUT2D eigenvalue weighted by atomic mass is 10.2. The molecule has 1 aromatic carbocycles. The molecular weight excluding hydrogens is 266 g/mol. The van der Waals surface area contributed by atoms with Gasteiger partial charge < -0.3 is 15.5 Å². The highest BCUT2D eigenvalue weighted by Crippen LogP contribution is 2.13. The third-order valence-corrected chi connectivity index (χ3v) is 3.40. The standard InChI is InChI=1S/C13H17NO4S/c1-9-3-2-4-10(5-9)7-19-8-12(16)14-11(6-15)13(17)18/h2-5,11,15H,6-8H2,1H3,(H,14,16)(H,17,18). The average molecular weight is 283 g/mol.